The van der Waals surface area contributed by atoms with Gasteiger partial charge in [-0.25, -0.2) is 0 Å². The summed E-state index contributed by atoms with van der Waals surface area (Å²) in [5.74, 6) is 0. The molecule has 0 atom stereocenters. The van der Waals surface area contributed by atoms with Gasteiger partial charge in [-0.1, -0.05) is 146 Å². The zero-order chi connectivity index (χ0) is 37.7. The van der Waals surface area contributed by atoms with E-state index < -0.39 is 0 Å². The van der Waals surface area contributed by atoms with Crippen LogP contribution in [0.1, 0.15) is 0 Å². The molecule has 0 saturated heterocycles. The summed E-state index contributed by atoms with van der Waals surface area (Å²) in [4.78, 5) is 2.37. The van der Waals surface area contributed by atoms with Gasteiger partial charge in [-0.15, -0.1) is 11.3 Å². The number of fused-ring (bicyclic) bond motifs is 6. The fourth-order valence-corrected chi connectivity index (χ4v) is 9.50. The van der Waals surface area contributed by atoms with Crippen molar-refractivity contribution in [1.82, 2.24) is 4.57 Å². The van der Waals surface area contributed by atoms with Gasteiger partial charge in [0.05, 0.1) is 11.0 Å². The highest BCUT2D eigenvalue weighted by Crippen LogP contribution is 2.41. The van der Waals surface area contributed by atoms with Gasteiger partial charge in [-0.05, 0) is 106 Å². The summed E-state index contributed by atoms with van der Waals surface area (Å²) in [7, 11) is 0. The van der Waals surface area contributed by atoms with E-state index in [9.17, 15) is 0 Å². The van der Waals surface area contributed by atoms with E-state index in [1.807, 2.05) is 11.3 Å². The molecule has 9 aromatic carbocycles. The van der Waals surface area contributed by atoms with Gasteiger partial charge in [0.2, 0.25) is 0 Å². The molecule has 0 aliphatic heterocycles. The van der Waals surface area contributed by atoms with Crippen LogP contribution in [0, 0.1) is 0 Å². The second-order valence-electron chi connectivity index (χ2n) is 14.6. The first-order chi connectivity index (χ1) is 28.2. The maximum Gasteiger partial charge on any atom is 0.0541 e. The largest absolute Gasteiger partial charge is 0.310 e. The molecule has 0 N–H and O–H groups in total. The van der Waals surface area contributed by atoms with Crippen LogP contribution in [0.25, 0.3) is 81.0 Å². The SMILES string of the molecule is c1ccc(-c2ccc(-c3ccc(N(c4ccc(-c5ccc6sc7ccccc7c6c5)cc4)c4cccc(-n5c6ccccc6c6ccccc65)c4)cc3)cc2)cc1. The molecule has 0 unspecified atom stereocenters. The molecule has 11 rings (SSSR count). The Bertz CT molecular complexity index is 3160. The van der Waals surface area contributed by atoms with E-state index in [2.05, 4.69) is 228 Å². The minimum Gasteiger partial charge on any atom is -0.310 e. The number of aromatic nitrogens is 1. The van der Waals surface area contributed by atoms with Crippen molar-refractivity contribution in [3.8, 4) is 39.1 Å². The maximum atomic E-state index is 2.39. The average Bonchev–Trinajstić information content (AvgIpc) is 3.83. The summed E-state index contributed by atoms with van der Waals surface area (Å²) in [6.45, 7) is 0. The summed E-state index contributed by atoms with van der Waals surface area (Å²) < 4.78 is 5.04. The Balaban J connectivity index is 1.00. The Morgan fingerprint density at radius 1 is 0.298 bits per heavy atom. The normalized spacial score (nSPS) is 11.5. The first-order valence-electron chi connectivity index (χ1n) is 19.4. The van der Waals surface area contributed by atoms with Gasteiger partial charge in [0.25, 0.3) is 0 Å². The Hall–Kier alpha value is -7.20. The van der Waals surface area contributed by atoms with Crippen LogP contribution in [0.15, 0.2) is 218 Å². The van der Waals surface area contributed by atoms with Crippen molar-refractivity contribution >= 4 is 70.4 Å². The van der Waals surface area contributed by atoms with Crippen LogP contribution < -0.4 is 4.90 Å². The van der Waals surface area contributed by atoms with Gasteiger partial charge in [0, 0.05) is 53.7 Å². The molecule has 0 bridgehead atoms. The minimum atomic E-state index is 1.09. The van der Waals surface area contributed by atoms with Gasteiger partial charge in [0.1, 0.15) is 0 Å². The number of para-hydroxylation sites is 2. The fraction of sp³-hybridized carbons (Fsp3) is 0. The highest BCUT2D eigenvalue weighted by molar-refractivity contribution is 7.25. The van der Waals surface area contributed by atoms with Gasteiger partial charge in [-0.3, -0.25) is 0 Å². The van der Waals surface area contributed by atoms with Crippen LogP contribution in [0.2, 0.25) is 0 Å². The van der Waals surface area contributed by atoms with E-state index in [1.165, 1.54) is 75.4 Å². The summed E-state index contributed by atoms with van der Waals surface area (Å²) in [5.41, 5.74) is 14.1. The molecule has 2 nitrogen and oxygen atoms in total. The van der Waals surface area contributed by atoms with Crippen LogP contribution >= 0.6 is 11.3 Å². The zero-order valence-corrected chi connectivity index (χ0v) is 31.9. The highest BCUT2D eigenvalue weighted by atomic mass is 32.1. The molecule has 268 valence electrons. The molecule has 3 heteroatoms. The number of rotatable bonds is 7. The molecule has 0 saturated carbocycles. The lowest BCUT2D eigenvalue weighted by Crippen LogP contribution is -2.10. The third kappa shape index (κ3) is 5.88. The second-order valence-corrected chi connectivity index (χ2v) is 15.7. The van der Waals surface area contributed by atoms with Crippen molar-refractivity contribution in [3.63, 3.8) is 0 Å². The van der Waals surface area contributed by atoms with Crippen LogP contribution in [-0.4, -0.2) is 4.57 Å². The molecular weight excluding hydrogens is 709 g/mol. The average molecular weight is 745 g/mol. The highest BCUT2D eigenvalue weighted by Gasteiger charge is 2.17. The van der Waals surface area contributed by atoms with Gasteiger partial charge in [-0.2, -0.15) is 0 Å². The van der Waals surface area contributed by atoms with E-state index in [4.69, 9.17) is 0 Å². The number of nitrogens with zero attached hydrogens (tertiary/aromatic N) is 2. The topological polar surface area (TPSA) is 8.17 Å². The number of anilines is 3. The van der Waals surface area contributed by atoms with Crippen molar-refractivity contribution in [2.75, 3.05) is 4.90 Å². The van der Waals surface area contributed by atoms with Gasteiger partial charge in [0.15, 0.2) is 0 Å². The van der Waals surface area contributed by atoms with E-state index in [-0.39, 0.29) is 0 Å². The van der Waals surface area contributed by atoms with Crippen molar-refractivity contribution in [2.45, 2.75) is 0 Å². The summed E-state index contributed by atoms with van der Waals surface area (Å²) in [5, 5.41) is 5.15. The molecule has 0 radical (unpaired) electrons. The molecule has 57 heavy (non-hydrogen) atoms. The van der Waals surface area contributed by atoms with E-state index in [0.717, 1.165) is 22.7 Å². The first-order valence-corrected chi connectivity index (χ1v) is 20.2. The third-order valence-corrected chi connectivity index (χ3v) is 12.4. The van der Waals surface area contributed by atoms with Crippen molar-refractivity contribution in [2.24, 2.45) is 0 Å². The molecule has 0 aliphatic carbocycles. The first kappa shape index (κ1) is 33.2. The van der Waals surface area contributed by atoms with E-state index >= 15 is 0 Å². The van der Waals surface area contributed by atoms with Crippen LogP contribution in [0.4, 0.5) is 17.1 Å². The van der Waals surface area contributed by atoms with Gasteiger partial charge >= 0.3 is 0 Å². The molecule has 0 aliphatic rings. The standard InChI is InChI=1S/C54H36N2S/c1-2-11-37(12-3-1)38-21-23-39(24-22-38)40-25-30-43(31-26-40)55(44-32-27-41(28-33-44)42-29-34-54-50(35-42)49-17-6-9-20-53(49)57-54)45-13-10-14-46(36-45)56-51-18-7-4-15-47(51)48-16-5-8-19-52(48)56/h1-36H. The molecule has 2 aromatic heterocycles. The Morgan fingerprint density at radius 3 is 1.40 bits per heavy atom. The van der Waals surface area contributed by atoms with Gasteiger partial charge < -0.3 is 9.47 Å². The minimum absolute atomic E-state index is 1.09. The van der Waals surface area contributed by atoms with Crippen LogP contribution in [0.3, 0.4) is 0 Å². The monoisotopic (exact) mass is 744 g/mol. The van der Waals surface area contributed by atoms with Crippen molar-refractivity contribution in [3.05, 3.63) is 218 Å². The number of hydrogen-bond acceptors (Lipinski definition) is 2. The number of thiophene rings is 1. The fourth-order valence-electron chi connectivity index (χ4n) is 8.42. The summed E-state index contributed by atoms with van der Waals surface area (Å²) in [6.07, 6.45) is 0. The van der Waals surface area contributed by atoms with E-state index in [0.29, 0.717) is 0 Å². The lowest BCUT2D eigenvalue weighted by Gasteiger charge is -2.26. The summed E-state index contributed by atoms with van der Waals surface area (Å²) >= 11 is 1.86. The zero-order valence-electron chi connectivity index (χ0n) is 31.1. The Kier molecular flexibility index (Phi) is 8.04. The second kappa shape index (κ2) is 13.8. The molecule has 11 aromatic rings. The lowest BCUT2D eigenvalue weighted by atomic mass is 10.00. The van der Waals surface area contributed by atoms with Crippen molar-refractivity contribution in [1.29, 1.82) is 0 Å². The third-order valence-electron chi connectivity index (χ3n) is 11.2. The smallest absolute Gasteiger partial charge is 0.0541 e. The van der Waals surface area contributed by atoms with Crippen LogP contribution in [-0.2, 0) is 0 Å². The quantitative estimate of drug-likeness (QED) is 0.158. The Labute approximate surface area is 335 Å². The summed E-state index contributed by atoms with van der Waals surface area (Å²) in [6, 6.07) is 79.4. The molecule has 0 fully saturated rings. The number of benzene rings is 9. The van der Waals surface area contributed by atoms with Crippen molar-refractivity contribution < 1.29 is 0 Å². The van der Waals surface area contributed by atoms with E-state index in [1.54, 1.807) is 0 Å². The molecule has 0 amide bonds. The predicted octanol–water partition coefficient (Wildman–Crippen LogP) is 15.6. The predicted molar refractivity (Wildman–Crippen MR) is 245 cm³/mol. The van der Waals surface area contributed by atoms with Crippen LogP contribution in [0.5, 0.6) is 0 Å². The maximum absolute atomic E-state index is 2.39. The number of hydrogen-bond donors (Lipinski definition) is 0. The molecule has 0 spiro atoms. The Morgan fingerprint density at radius 2 is 0.772 bits per heavy atom. The molecular formula is C54H36N2S. The lowest BCUT2D eigenvalue weighted by molar-refractivity contribution is 1.17. The molecule has 2 heterocycles.